The van der Waals surface area contributed by atoms with Crippen molar-refractivity contribution in [3.05, 3.63) is 53.0 Å². The molecule has 0 fully saturated rings. The van der Waals surface area contributed by atoms with Crippen molar-refractivity contribution in [2.75, 3.05) is 0 Å². The lowest BCUT2D eigenvalue weighted by Crippen LogP contribution is -2.46. The Hall–Kier alpha value is -2.37. The number of nitrogens with one attached hydrogen (secondary N) is 2. The van der Waals surface area contributed by atoms with Crippen LogP contribution in [0.3, 0.4) is 0 Å². The number of pyridine rings is 1. The van der Waals surface area contributed by atoms with Gasteiger partial charge in [0, 0.05) is 25.0 Å². The highest BCUT2D eigenvalue weighted by Crippen LogP contribution is 2.21. The van der Waals surface area contributed by atoms with Crippen molar-refractivity contribution in [2.24, 2.45) is 5.41 Å². The van der Waals surface area contributed by atoms with E-state index in [1.165, 1.54) is 6.07 Å². The quantitative estimate of drug-likeness (QED) is 0.893. The molecule has 0 aliphatic carbocycles. The summed E-state index contributed by atoms with van der Waals surface area (Å²) in [5.74, 6) is -0.284. The Morgan fingerprint density at radius 1 is 1.43 bits per heavy atom. The minimum atomic E-state index is -0.287. The molecule has 0 spiro atoms. The summed E-state index contributed by atoms with van der Waals surface area (Å²) in [6, 6.07) is 4.44. The van der Waals surface area contributed by atoms with E-state index in [9.17, 15) is 9.59 Å². The summed E-state index contributed by atoms with van der Waals surface area (Å²) in [7, 11) is 0. The van der Waals surface area contributed by atoms with Gasteiger partial charge in [0.2, 0.25) is 5.56 Å². The summed E-state index contributed by atoms with van der Waals surface area (Å²) in [6.07, 6.45) is 5.28. The molecule has 0 bridgehead atoms. The number of aromatic nitrogens is 3. The molecule has 1 amide bonds. The van der Waals surface area contributed by atoms with E-state index in [1.54, 1.807) is 24.7 Å². The van der Waals surface area contributed by atoms with Crippen LogP contribution in [0.2, 0.25) is 0 Å². The highest BCUT2D eigenvalue weighted by Gasteiger charge is 2.27. The van der Waals surface area contributed by atoms with Crippen LogP contribution in [0.15, 0.2) is 41.7 Å². The number of hydrogen-bond acceptors (Lipinski definition) is 3. The smallest absolute Gasteiger partial charge is 0.268 e. The Bertz CT molecular complexity index is 653. The zero-order chi connectivity index (χ0) is 15.5. The Morgan fingerprint density at radius 3 is 2.76 bits per heavy atom. The molecule has 0 aromatic carbocycles. The van der Waals surface area contributed by atoms with Crippen molar-refractivity contribution >= 4 is 5.91 Å². The molecule has 2 N–H and O–H groups in total. The van der Waals surface area contributed by atoms with E-state index in [2.05, 4.69) is 36.1 Å². The maximum atomic E-state index is 12.3. The summed E-state index contributed by atoms with van der Waals surface area (Å²) in [6.45, 7) is 6.79. The largest absolute Gasteiger partial charge is 0.346 e. The number of imidazole rings is 1. The van der Waals surface area contributed by atoms with Gasteiger partial charge in [-0.25, -0.2) is 4.98 Å². The van der Waals surface area contributed by atoms with Gasteiger partial charge < -0.3 is 14.9 Å². The van der Waals surface area contributed by atoms with Crippen molar-refractivity contribution < 1.29 is 4.79 Å². The second-order valence-corrected chi connectivity index (χ2v) is 6.08. The zero-order valence-corrected chi connectivity index (χ0v) is 12.5. The van der Waals surface area contributed by atoms with Crippen LogP contribution in [0.5, 0.6) is 0 Å². The van der Waals surface area contributed by atoms with Gasteiger partial charge in [0.05, 0.1) is 12.4 Å². The predicted octanol–water partition coefficient (Wildman–Crippen LogP) is 1.42. The fourth-order valence-electron chi connectivity index (χ4n) is 1.96. The molecule has 0 saturated heterocycles. The molecule has 0 saturated carbocycles. The van der Waals surface area contributed by atoms with Gasteiger partial charge in [0.15, 0.2) is 0 Å². The Kier molecular flexibility index (Phi) is 4.26. The maximum absolute atomic E-state index is 12.3. The molecular weight excluding hydrogens is 268 g/mol. The van der Waals surface area contributed by atoms with Gasteiger partial charge in [-0.15, -0.1) is 0 Å². The molecule has 2 aromatic heterocycles. The third kappa shape index (κ3) is 4.05. The predicted molar refractivity (Wildman–Crippen MR) is 80.0 cm³/mol. The van der Waals surface area contributed by atoms with Gasteiger partial charge >= 0.3 is 0 Å². The number of rotatable bonds is 4. The van der Waals surface area contributed by atoms with E-state index in [0.29, 0.717) is 6.54 Å². The van der Waals surface area contributed by atoms with Crippen molar-refractivity contribution in [2.45, 2.75) is 33.4 Å². The number of hydrogen-bond donors (Lipinski definition) is 2. The standard InChI is InChI=1S/C15H20N4O2/c1-15(2,3)12(9-19-8-7-16-10-19)18-14(21)11-5-4-6-13(20)17-11/h4-8,10,12H,9H2,1-3H3,(H,17,20)(H,18,21). The third-order valence-corrected chi connectivity index (χ3v) is 3.32. The molecule has 2 rings (SSSR count). The SMILES string of the molecule is CC(C)(C)C(Cn1ccnc1)NC(=O)c1cccc(=O)[nH]1. The van der Waals surface area contributed by atoms with Crippen LogP contribution < -0.4 is 10.9 Å². The third-order valence-electron chi connectivity index (χ3n) is 3.32. The molecule has 1 atom stereocenters. The second-order valence-electron chi connectivity index (χ2n) is 6.08. The number of nitrogens with zero attached hydrogens (tertiary/aromatic N) is 2. The second kappa shape index (κ2) is 5.95. The van der Waals surface area contributed by atoms with Gasteiger partial charge in [-0.2, -0.15) is 0 Å². The fraction of sp³-hybridized carbons (Fsp3) is 0.400. The first-order valence-electron chi connectivity index (χ1n) is 6.82. The van der Waals surface area contributed by atoms with Crippen LogP contribution >= 0.6 is 0 Å². The molecule has 6 heteroatoms. The molecule has 6 nitrogen and oxygen atoms in total. The van der Waals surface area contributed by atoms with Crippen LogP contribution in [0, 0.1) is 5.41 Å². The van der Waals surface area contributed by atoms with Gasteiger partial charge in [0.25, 0.3) is 5.91 Å². The van der Waals surface area contributed by atoms with Crippen LogP contribution in [0.4, 0.5) is 0 Å². The highest BCUT2D eigenvalue weighted by atomic mass is 16.2. The number of carbonyl (C=O) groups is 1. The average molecular weight is 288 g/mol. The molecule has 0 aliphatic rings. The van der Waals surface area contributed by atoms with Gasteiger partial charge in [-0.05, 0) is 11.5 Å². The molecule has 2 heterocycles. The topological polar surface area (TPSA) is 79.8 Å². The Labute approximate surface area is 123 Å². The normalized spacial score (nSPS) is 12.9. The minimum Gasteiger partial charge on any atom is -0.346 e. The monoisotopic (exact) mass is 288 g/mol. The summed E-state index contributed by atoms with van der Waals surface area (Å²) in [5, 5.41) is 2.98. The summed E-state index contributed by atoms with van der Waals surface area (Å²) < 4.78 is 1.92. The molecular formula is C15H20N4O2. The van der Waals surface area contributed by atoms with Crippen molar-refractivity contribution in [1.29, 1.82) is 0 Å². The Morgan fingerprint density at radius 2 is 2.19 bits per heavy atom. The number of aromatic amines is 1. The Balaban J connectivity index is 2.15. The first-order valence-corrected chi connectivity index (χ1v) is 6.82. The minimum absolute atomic E-state index is 0.0945. The number of amides is 1. The highest BCUT2D eigenvalue weighted by molar-refractivity contribution is 5.92. The van der Waals surface area contributed by atoms with Crippen LogP contribution in [0.25, 0.3) is 0 Å². The summed E-state index contributed by atoms with van der Waals surface area (Å²) in [5.41, 5.74) is -0.151. The summed E-state index contributed by atoms with van der Waals surface area (Å²) in [4.78, 5) is 30.1. The van der Waals surface area contributed by atoms with Crippen LogP contribution in [-0.4, -0.2) is 26.5 Å². The van der Waals surface area contributed by atoms with Gasteiger partial charge in [0.1, 0.15) is 5.69 Å². The average Bonchev–Trinajstić information content (AvgIpc) is 2.89. The van der Waals surface area contributed by atoms with E-state index in [0.717, 1.165) is 0 Å². The maximum Gasteiger partial charge on any atom is 0.268 e. The van der Waals surface area contributed by atoms with E-state index in [-0.39, 0.29) is 28.6 Å². The zero-order valence-electron chi connectivity index (χ0n) is 12.5. The molecule has 0 aliphatic heterocycles. The lowest BCUT2D eigenvalue weighted by Gasteiger charge is -2.31. The van der Waals surface area contributed by atoms with E-state index >= 15 is 0 Å². The van der Waals surface area contributed by atoms with Crippen molar-refractivity contribution in [3.63, 3.8) is 0 Å². The lowest BCUT2D eigenvalue weighted by atomic mass is 9.86. The number of carbonyl (C=O) groups excluding carboxylic acids is 1. The van der Waals surface area contributed by atoms with Gasteiger partial charge in [-0.1, -0.05) is 26.8 Å². The number of H-pyrrole nitrogens is 1. The van der Waals surface area contributed by atoms with Gasteiger partial charge in [-0.3, -0.25) is 9.59 Å². The molecule has 112 valence electrons. The van der Waals surface area contributed by atoms with Crippen molar-refractivity contribution in [1.82, 2.24) is 19.9 Å². The molecule has 1 unspecified atom stereocenters. The first kappa shape index (κ1) is 15.0. The summed E-state index contributed by atoms with van der Waals surface area (Å²) >= 11 is 0. The molecule has 21 heavy (non-hydrogen) atoms. The first-order chi connectivity index (χ1) is 9.86. The van der Waals surface area contributed by atoms with E-state index < -0.39 is 0 Å². The van der Waals surface area contributed by atoms with E-state index in [1.807, 2.05) is 10.8 Å². The van der Waals surface area contributed by atoms with Crippen LogP contribution in [0.1, 0.15) is 31.3 Å². The molecule has 0 radical (unpaired) electrons. The fourth-order valence-corrected chi connectivity index (χ4v) is 1.96. The van der Waals surface area contributed by atoms with E-state index in [4.69, 9.17) is 0 Å². The molecule has 2 aromatic rings. The lowest BCUT2D eigenvalue weighted by molar-refractivity contribution is 0.0887. The van der Waals surface area contributed by atoms with Crippen LogP contribution in [-0.2, 0) is 6.54 Å². The van der Waals surface area contributed by atoms with Crippen molar-refractivity contribution in [3.8, 4) is 0 Å².